The van der Waals surface area contributed by atoms with Gasteiger partial charge in [-0.15, -0.1) is 11.6 Å². The molecular formula is C15H22ClN3O. The molecule has 1 heterocycles. The first-order valence-electron chi connectivity index (χ1n) is 6.82. The molecule has 1 atom stereocenters. The third kappa shape index (κ3) is 3.07. The van der Waals surface area contributed by atoms with Crippen molar-refractivity contribution < 1.29 is 4.74 Å². The van der Waals surface area contributed by atoms with Crippen molar-refractivity contribution in [2.75, 3.05) is 27.7 Å². The number of halogens is 1. The topological polar surface area (TPSA) is 30.3 Å². The molecule has 0 amide bonds. The average Bonchev–Trinajstić information content (AvgIpc) is 2.81. The maximum atomic E-state index is 6.06. The summed E-state index contributed by atoms with van der Waals surface area (Å²) in [6, 6.07) is 6.30. The largest absolute Gasteiger partial charge is 0.497 e. The van der Waals surface area contributed by atoms with Crippen LogP contribution < -0.4 is 4.74 Å². The molecule has 0 aliphatic heterocycles. The van der Waals surface area contributed by atoms with Crippen molar-refractivity contribution in [2.45, 2.75) is 25.3 Å². The first-order chi connectivity index (χ1) is 9.56. The zero-order valence-electron chi connectivity index (χ0n) is 12.6. The molecule has 0 aliphatic carbocycles. The van der Waals surface area contributed by atoms with Gasteiger partial charge in [0.05, 0.1) is 24.0 Å². The summed E-state index contributed by atoms with van der Waals surface area (Å²) in [5, 5.41) is 0. The van der Waals surface area contributed by atoms with Crippen molar-refractivity contribution in [3.63, 3.8) is 0 Å². The Balaban J connectivity index is 2.42. The number of methoxy groups -OCH3 is 1. The van der Waals surface area contributed by atoms with Gasteiger partial charge in [0.25, 0.3) is 0 Å². The number of ether oxygens (including phenoxy) is 1. The molecular weight excluding hydrogens is 274 g/mol. The van der Waals surface area contributed by atoms with Gasteiger partial charge in [0, 0.05) is 12.1 Å². The first kappa shape index (κ1) is 15.1. The summed E-state index contributed by atoms with van der Waals surface area (Å²) in [5.41, 5.74) is 2.06. The molecule has 1 aromatic carbocycles. The molecule has 20 heavy (non-hydrogen) atoms. The van der Waals surface area contributed by atoms with Crippen LogP contribution in [0.3, 0.4) is 0 Å². The van der Waals surface area contributed by atoms with Crippen LogP contribution in [0.5, 0.6) is 5.75 Å². The summed E-state index contributed by atoms with van der Waals surface area (Å²) in [7, 11) is 5.86. The van der Waals surface area contributed by atoms with Crippen LogP contribution in [0.4, 0.5) is 0 Å². The molecule has 0 N–H and O–H groups in total. The third-order valence-electron chi connectivity index (χ3n) is 3.52. The zero-order valence-corrected chi connectivity index (χ0v) is 13.3. The van der Waals surface area contributed by atoms with E-state index in [-0.39, 0.29) is 0 Å². The second-order valence-electron chi connectivity index (χ2n) is 5.33. The van der Waals surface area contributed by atoms with Gasteiger partial charge in [-0.05, 0) is 46.1 Å². The quantitative estimate of drug-likeness (QED) is 0.766. The van der Waals surface area contributed by atoms with Crippen LogP contribution in [0.1, 0.15) is 25.2 Å². The smallest absolute Gasteiger partial charge is 0.125 e. The summed E-state index contributed by atoms with van der Waals surface area (Å²) >= 11 is 6.06. The lowest BCUT2D eigenvalue weighted by Gasteiger charge is -2.19. The van der Waals surface area contributed by atoms with Gasteiger partial charge in [-0.25, -0.2) is 4.98 Å². The minimum absolute atomic E-state index is 0.350. The maximum Gasteiger partial charge on any atom is 0.125 e. The molecule has 0 aliphatic rings. The number of imidazole rings is 1. The molecule has 4 nitrogen and oxygen atoms in total. The Hall–Kier alpha value is -1.26. The molecule has 0 saturated heterocycles. The highest BCUT2D eigenvalue weighted by molar-refractivity contribution is 6.16. The normalized spacial score (nSPS) is 13.1. The van der Waals surface area contributed by atoms with E-state index < -0.39 is 0 Å². The van der Waals surface area contributed by atoms with Crippen molar-refractivity contribution in [1.29, 1.82) is 0 Å². The van der Waals surface area contributed by atoms with Crippen LogP contribution >= 0.6 is 11.6 Å². The van der Waals surface area contributed by atoms with Gasteiger partial charge < -0.3 is 14.2 Å². The number of aromatic nitrogens is 2. The Kier molecular flexibility index (Phi) is 4.89. The Morgan fingerprint density at radius 3 is 2.75 bits per heavy atom. The molecule has 110 valence electrons. The summed E-state index contributed by atoms with van der Waals surface area (Å²) in [6.45, 7) is 3.24. The molecule has 0 radical (unpaired) electrons. The van der Waals surface area contributed by atoms with E-state index in [4.69, 9.17) is 16.3 Å². The van der Waals surface area contributed by atoms with Crippen molar-refractivity contribution in [3.05, 3.63) is 24.0 Å². The Morgan fingerprint density at radius 1 is 1.40 bits per heavy atom. The Bertz CT molecular complexity index is 580. The maximum absolute atomic E-state index is 6.06. The summed E-state index contributed by atoms with van der Waals surface area (Å²) in [4.78, 5) is 6.81. The lowest BCUT2D eigenvalue weighted by molar-refractivity contribution is 0.358. The van der Waals surface area contributed by atoms with Crippen LogP contribution in [-0.2, 0) is 5.88 Å². The lowest BCUT2D eigenvalue weighted by Crippen LogP contribution is -2.18. The highest BCUT2D eigenvalue weighted by Gasteiger charge is 2.16. The molecule has 1 unspecified atom stereocenters. The minimum Gasteiger partial charge on any atom is -0.497 e. The molecule has 2 aromatic rings. The van der Waals surface area contributed by atoms with Crippen LogP contribution in [-0.4, -0.2) is 42.2 Å². The van der Waals surface area contributed by atoms with Gasteiger partial charge in [0.15, 0.2) is 0 Å². The number of rotatable bonds is 6. The van der Waals surface area contributed by atoms with E-state index in [1.165, 1.54) is 0 Å². The van der Waals surface area contributed by atoms with Crippen molar-refractivity contribution in [1.82, 2.24) is 14.5 Å². The molecule has 1 aromatic heterocycles. The van der Waals surface area contributed by atoms with Crippen LogP contribution in [0.25, 0.3) is 11.0 Å². The van der Waals surface area contributed by atoms with E-state index in [9.17, 15) is 0 Å². The highest BCUT2D eigenvalue weighted by atomic mass is 35.5. The summed E-state index contributed by atoms with van der Waals surface area (Å²) < 4.78 is 7.55. The van der Waals surface area contributed by atoms with Gasteiger partial charge in [-0.2, -0.15) is 0 Å². The van der Waals surface area contributed by atoms with E-state index >= 15 is 0 Å². The fraction of sp³-hybridized carbons (Fsp3) is 0.533. The van der Waals surface area contributed by atoms with Gasteiger partial charge >= 0.3 is 0 Å². The number of alkyl halides is 1. The van der Waals surface area contributed by atoms with Crippen LogP contribution in [0.15, 0.2) is 18.2 Å². The van der Waals surface area contributed by atoms with E-state index in [2.05, 4.69) is 35.5 Å². The van der Waals surface area contributed by atoms with Gasteiger partial charge in [-0.3, -0.25) is 0 Å². The number of benzene rings is 1. The fourth-order valence-electron chi connectivity index (χ4n) is 2.41. The summed E-state index contributed by atoms with van der Waals surface area (Å²) in [5.74, 6) is 2.18. The second kappa shape index (κ2) is 6.46. The third-order valence-corrected chi connectivity index (χ3v) is 3.76. The standard InChI is InChI=1S/C15H22ClN3O/c1-11(7-8-18(2)3)19-14-9-12(20-4)5-6-13(14)17-15(19)10-16/h5-6,9,11H,7-8,10H2,1-4H3. The Morgan fingerprint density at radius 2 is 2.15 bits per heavy atom. The number of fused-ring (bicyclic) bond motifs is 1. The molecule has 0 spiro atoms. The van der Waals surface area contributed by atoms with E-state index in [0.29, 0.717) is 11.9 Å². The van der Waals surface area contributed by atoms with Gasteiger partial charge in [0.2, 0.25) is 0 Å². The highest BCUT2D eigenvalue weighted by Crippen LogP contribution is 2.27. The second-order valence-corrected chi connectivity index (χ2v) is 5.59. The first-order valence-corrected chi connectivity index (χ1v) is 7.35. The van der Waals surface area contributed by atoms with Gasteiger partial charge in [-0.1, -0.05) is 0 Å². The minimum atomic E-state index is 0.350. The SMILES string of the molecule is COc1ccc2nc(CCl)n(C(C)CCN(C)C)c2c1. The number of hydrogen-bond donors (Lipinski definition) is 0. The number of hydrogen-bond acceptors (Lipinski definition) is 3. The van der Waals surface area contributed by atoms with Crippen LogP contribution in [0, 0.1) is 0 Å². The monoisotopic (exact) mass is 295 g/mol. The predicted molar refractivity (Wildman–Crippen MR) is 83.7 cm³/mol. The van der Waals surface area contributed by atoms with Crippen molar-refractivity contribution in [3.8, 4) is 5.75 Å². The fourth-order valence-corrected chi connectivity index (χ4v) is 2.60. The van der Waals surface area contributed by atoms with E-state index in [1.54, 1.807) is 7.11 Å². The Labute approximate surface area is 125 Å². The lowest BCUT2D eigenvalue weighted by atomic mass is 10.2. The van der Waals surface area contributed by atoms with Crippen LogP contribution in [0.2, 0.25) is 0 Å². The van der Waals surface area contributed by atoms with Crippen molar-refractivity contribution in [2.24, 2.45) is 0 Å². The van der Waals surface area contributed by atoms with E-state index in [0.717, 1.165) is 35.6 Å². The summed E-state index contributed by atoms with van der Waals surface area (Å²) in [6.07, 6.45) is 1.06. The molecule has 5 heteroatoms. The zero-order chi connectivity index (χ0) is 14.7. The predicted octanol–water partition coefficient (Wildman–Crippen LogP) is 3.30. The van der Waals surface area contributed by atoms with Crippen molar-refractivity contribution >= 4 is 22.6 Å². The number of nitrogens with zero attached hydrogens (tertiary/aromatic N) is 3. The molecule has 0 bridgehead atoms. The molecule has 0 fully saturated rings. The molecule has 2 rings (SSSR count). The van der Waals surface area contributed by atoms with Gasteiger partial charge in [0.1, 0.15) is 11.6 Å². The molecule has 0 saturated carbocycles. The van der Waals surface area contributed by atoms with E-state index in [1.807, 2.05) is 18.2 Å². The average molecular weight is 296 g/mol.